The van der Waals surface area contributed by atoms with Gasteiger partial charge in [-0.2, -0.15) is 0 Å². The molecule has 0 aliphatic carbocycles. The number of thiazole rings is 1. The highest BCUT2D eigenvalue weighted by Crippen LogP contribution is 2.35. The number of hydrogen-bond donors (Lipinski definition) is 0. The molecule has 1 saturated heterocycles. The molecule has 6 nitrogen and oxygen atoms in total. The number of sulfonamides is 1. The largest absolute Gasteiger partial charge is 0.274 e. The van der Waals surface area contributed by atoms with Crippen LogP contribution < -0.4 is 4.90 Å². The van der Waals surface area contributed by atoms with Crippen LogP contribution in [0, 0.1) is 20.8 Å². The van der Waals surface area contributed by atoms with E-state index in [9.17, 15) is 13.2 Å². The van der Waals surface area contributed by atoms with Crippen LogP contribution in [0.3, 0.4) is 0 Å². The van der Waals surface area contributed by atoms with Crippen molar-refractivity contribution in [3.63, 3.8) is 0 Å². The van der Waals surface area contributed by atoms with Crippen LogP contribution in [0.5, 0.6) is 0 Å². The van der Waals surface area contributed by atoms with E-state index in [-0.39, 0.29) is 24.5 Å². The minimum absolute atomic E-state index is 0.00807. The van der Waals surface area contributed by atoms with Gasteiger partial charge in [0.05, 0.1) is 17.1 Å². The van der Waals surface area contributed by atoms with Crippen LogP contribution in [0.1, 0.15) is 42.4 Å². The summed E-state index contributed by atoms with van der Waals surface area (Å²) >= 11 is 1.42. The summed E-state index contributed by atoms with van der Waals surface area (Å²) in [5.41, 5.74) is 5.80. The summed E-state index contributed by atoms with van der Waals surface area (Å²) in [5, 5.41) is 2.56. The Morgan fingerprint density at radius 1 is 1.03 bits per heavy atom. The molecule has 0 saturated carbocycles. The summed E-state index contributed by atoms with van der Waals surface area (Å²) in [6.45, 7) is 7.19. The molecule has 1 aromatic heterocycles. The average Bonchev–Trinajstić information content (AvgIpc) is 3.50. The van der Waals surface area contributed by atoms with Crippen LogP contribution >= 0.6 is 11.3 Å². The van der Waals surface area contributed by atoms with Crippen molar-refractivity contribution in [3.8, 4) is 11.3 Å². The van der Waals surface area contributed by atoms with Gasteiger partial charge in [-0.05, 0) is 57.2 Å². The minimum atomic E-state index is -3.31. The molecule has 4 rings (SSSR count). The molecule has 1 aliphatic heterocycles. The van der Waals surface area contributed by atoms with Crippen LogP contribution in [-0.4, -0.2) is 42.5 Å². The molecule has 0 atom stereocenters. The second-order valence-electron chi connectivity index (χ2n) is 8.93. The number of benzene rings is 2. The summed E-state index contributed by atoms with van der Waals surface area (Å²) in [7, 11) is -3.31. The van der Waals surface area contributed by atoms with E-state index in [1.165, 1.54) is 16.9 Å². The average molecular weight is 498 g/mol. The zero-order valence-corrected chi connectivity index (χ0v) is 21.6. The first-order valence-corrected chi connectivity index (χ1v) is 14.1. The van der Waals surface area contributed by atoms with Gasteiger partial charge < -0.3 is 0 Å². The Labute approximate surface area is 206 Å². The molecule has 2 aromatic carbocycles. The van der Waals surface area contributed by atoms with E-state index in [2.05, 4.69) is 0 Å². The molecule has 3 aromatic rings. The van der Waals surface area contributed by atoms with Gasteiger partial charge in [-0.3, -0.25) is 9.69 Å². The number of carbonyl (C=O) groups excluding carboxylic acids is 1. The lowest BCUT2D eigenvalue weighted by molar-refractivity contribution is -0.117. The molecule has 1 fully saturated rings. The third-order valence-electron chi connectivity index (χ3n) is 6.14. The van der Waals surface area contributed by atoms with Crippen molar-refractivity contribution >= 4 is 38.1 Å². The maximum atomic E-state index is 13.5. The van der Waals surface area contributed by atoms with Gasteiger partial charge in [0.1, 0.15) is 0 Å². The van der Waals surface area contributed by atoms with Gasteiger partial charge in [-0.25, -0.2) is 17.7 Å². The Morgan fingerprint density at radius 3 is 2.41 bits per heavy atom. The highest BCUT2D eigenvalue weighted by molar-refractivity contribution is 7.89. The monoisotopic (exact) mass is 497 g/mol. The van der Waals surface area contributed by atoms with E-state index in [0.29, 0.717) is 18.2 Å². The summed E-state index contributed by atoms with van der Waals surface area (Å²) in [6.07, 6.45) is 2.24. The van der Waals surface area contributed by atoms with Gasteiger partial charge in [0.15, 0.2) is 5.13 Å². The van der Waals surface area contributed by atoms with Gasteiger partial charge in [-0.1, -0.05) is 42.0 Å². The Balaban J connectivity index is 1.58. The minimum Gasteiger partial charge on any atom is -0.274 e. The first kappa shape index (κ1) is 24.6. The summed E-state index contributed by atoms with van der Waals surface area (Å²) in [6, 6.07) is 14.1. The van der Waals surface area contributed by atoms with E-state index in [4.69, 9.17) is 4.98 Å². The Bertz CT molecular complexity index is 1260. The molecule has 0 unspecified atom stereocenters. The van der Waals surface area contributed by atoms with E-state index >= 15 is 0 Å². The van der Waals surface area contributed by atoms with Crippen molar-refractivity contribution in [3.05, 3.63) is 64.5 Å². The number of carbonyl (C=O) groups is 1. The summed E-state index contributed by atoms with van der Waals surface area (Å²) in [4.78, 5) is 19.9. The standard InChI is InChI=1S/C26H31N3O3S2/c1-19-9-12-22(13-10-19)23-18-33-26(27-23)29(24-17-20(2)8-11-21(24)3)25(30)7-6-16-34(31,32)28-14-4-5-15-28/h8-13,17-18H,4-7,14-16H2,1-3H3. The van der Waals surface area contributed by atoms with Crippen molar-refractivity contribution in [2.75, 3.05) is 23.7 Å². The summed E-state index contributed by atoms with van der Waals surface area (Å²) < 4.78 is 26.7. The van der Waals surface area contributed by atoms with E-state index in [1.807, 2.05) is 68.6 Å². The number of anilines is 2. The predicted molar refractivity (Wildman–Crippen MR) is 139 cm³/mol. The molecule has 1 amide bonds. The molecule has 2 heterocycles. The van der Waals surface area contributed by atoms with Crippen molar-refractivity contribution in [1.29, 1.82) is 0 Å². The van der Waals surface area contributed by atoms with Crippen LogP contribution in [0.25, 0.3) is 11.3 Å². The Morgan fingerprint density at radius 2 is 1.71 bits per heavy atom. The van der Waals surface area contributed by atoms with Gasteiger partial charge in [-0.15, -0.1) is 11.3 Å². The number of nitrogens with zero attached hydrogens (tertiary/aromatic N) is 3. The van der Waals surface area contributed by atoms with Gasteiger partial charge >= 0.3 is 0 Å². The maximum Gasteiger partial charge on any atom is 0.233 e. The highest BCUT2D eigenvalue weighted by atomic mass is 32.2. The quantitative estimate of drug-likeness (QED) is 0.406. The van der Waals surface area contributed by atoms with Crippen molar-refractivity contribution in [1.82, 2.24) is 9.29 Å². The smallest absolute Gasteiger partial charge is 0.233 e. The fourth-order valence-corrected chi connectivity index (χ4v) is 6.59. The second kappa shape index (κ2) is 10.4. The topological polar surface area (TPSA) is 70.6 Å². The number of hydrogen-bond acceptors (Lipinski definition) is 5. The first-order chi connectivity index (χ1) is 16.2. The number of aromatic nitrogens is 1. The lowest BCUT2D eigenvalue weighted by atomic mass is 10.1. The Kier molecular flexibility index (Phi) is 7.50. The van der Waals surface area contributed by atoms with Crippen LogP contribution in [-0.2, 0) is 14.8 Å². The van der Waals surface area contributed by atoms with Gasteiger partial charge in [0.25, 0.3) is 0 Å². The van der Waals surface area contributed by atoms with Gasteiger partial charge in [0, 0.05) is 30.5 Å². The molecular formula is C26H31N3O3S2. The van der Waals surface area contributed by atoms with Crippen LogP contribution in [0.2, 0.25) is 0 Å². The van der Waals surface area contributed by atoms with Crippen molar-refractivity contribution in [2.45, 2.75) is 46.5 Å². The number of amides is 1. The number of aryl methyl sites for hydroxylation is 3. The third-order valence-corrected chi connectivity index (χ3v) is 8.92. The van der Waals surface area contributed by atoms with Crippen LogP contribution in [0.4, 0.5) is 10.8 Å². The zero-order chi connectivity index (χ0) is 24.3. The highest BCUT2D eigenvalue weighted by Gasteiger charge is 2.27. The molecule has 34 heavy (non-hydrogen) atoms. The fourth-order valence-electron chi connectivity index (χ4n) is 4.14. The normalized spacial score (nSPS) is 14.4. The van der Waals surface area contributed by atoms with Gasteiger partial charge in [0.2, 0.25) is 15.9 Å². The van der Waals surface area contributed by atoms with Crippen molar-refractivity contribution in [2.24, 2.45) is 0 Å². The fraction of sp³-hybridized carbons (Fsp3) is 0.385. The molecule has 180 valence electrons. The number of rotatable bonds is 8. The summed E-state index contributed by atoms with van der Waals surface area (Å²) in [5.74, 6) is -0.151. The van der Waals surface area contributed by atoms with E-state index in [1.54, 1.807) is 9.21 Å². The van der Waals surface area contributed by atoms with Crippen molar-refractivity contribution < 1.29 is 13.2 Å². The molecule has 0 spiro atoms. The molecule has 1 aliphatic rings. The first-order valence-electron chi connectivity index (χ1n) is 11.7. The molecule has 0 N–H and O–H groups in total. The zero-order valence-electron chi connectivity index (χ0n) is 20.0. The Hall–Kier alpha value is -2.55. The second-order valence-corrected chi connectivity index (χ2v) is 11.9. The maximum absolute atomic E-state index is 13.5. The SMILES string of the molecule is Cc1ccc(-c2csc(N(C(=O)CCCS(=O)(=O)N3CCCC3)c3cc(C)ccc3C)n2)cc1. The molecule has 8 heteroatoms. The third kappa shape index (κ3) is 5.56. The lowest BCUT2D eigenvalue weighted by Crippen LogP contribution is -2.31. The lowest BCUT2D eigenvalue weighted by Gasteiger charge is -2.23. The van der Waals surface area contributed by atoms with Crippen LogP contribution in [0.15, 0.2) is 47.8 Å². The molecule has 0 bridgehead atoms. The van der Waals surface area contributed by atoms with E-state index in [0.717, 1.165) is 40.9 Å². The molecule has 0 radical (unpaired) electrons. The predicted octanol–water partition coefficient (Wildman–Crippen LogP) is 5.61. The molecular weight excluding hydrogens is 466 g/mol. The van der Waals surface area contributed by atoms with E-state index < -0.39 is 10.0 Å².